The van der Waals surface area contributed by atoms with Crippen molar-refractivity contribution in [2.75, 3.05) is 6.79 Å². The van der Waals surface area contributed by atoms with Gasteiger partial charge in [-0.15, -0.1) is 11.8 Å². The van der Waals surface area contributed by atoms with Crippen molar-refractivity contribution in [3.8, 4) is 17.4 Å². The van der Waals surface area contributed by atoms with Gasteiger partial charge in [0.2, 0.25) is 12.7 Å². The summed E-state index contributed by atoms with van der Waals surface area (Å²) in [4.78, 5) is 30.9. The van der Waals surface area contributed by atoms with Crippen LogP contribution in [0.5, 0.6) is 17.4 Å². The third kappa shape index (κ3) is 3.21. The van der Waals surface area contributed by atoms with Crippen LogP contribution in [0.4, 0.5) is 5.69 Å². The van der Waals surface area contributed by atoms with Crippen LogP contribution in [0.3, 0.4) is 0 Å². The quantitative estimate of drug-likeness (QED) is 0.663. The Hall–Kier alpha value is -3.46. The minimum atomic E-state index is -0.595. The van der Waals surface area contributed by atoms with Gasteiger partial charge in [0.1, 0.15) is 5.56 Å². The van der Waals surface area contributed by atoms with Crippen LogP contribution in [-0.2, 0) is 14.1 Å². The van der Waals surface area contributed by atoms with Gasteiger partial charge in [-0.3, -0.25) is 18.9 Å². The van der Waals surface area contributed by atoms with E-state index in [4.69, 9.17) is 14.5 Å². The van der Waals surface area contributed by atoms with E-state index in [0.717, 1.165) is 19.6 Å². The normalized spacial score (nSPS) is 17.1. The second-order valence-corrected chi connectivity index (χ2v) is 8.60. The molecule has 0 saturated carbocycles. The summed E-state index contributed by atoms with van der Waals surface area (Å²) in [6.07, 6.45) is 0.375. The first-order valence-corrected chi connectivity index (χ1v) is 10.5. The first-order valence-electron chi connectivity index (χ1n) is 9.66. The minimum absolute atomic E-state index is 0.0349. The van der Waals surface area contributed by atoms with Gasteiger partial charge < -0.3 is 14.6 Å². The molecule has 0 amide bonds. The first-order chi connectivity index (χ1) is 14.9. The maximum atomic E-state index is 12.9. The van der Waals surface area contributed by atoms with Crippen molar-refractivity contribution in [3.63, 3.8) is 0 Å². The summed E-state index contributed by atoms with van der Waals surface area (Å²) in [5, 5.41) is 10.6. The summed E-state index contributed by atoms with van der Waals surface area (Å²) in [5.74, 6) is 0.983. The predicted molar refractivity (Wildman–Crippen MR) is 117 cm³/mol. The summed E-state index contributed by atoms with van der Waals surface area (Å²) in [6.45, 7) is 0.189. The molecule has 2 aliphatic heterocycles. The molecule has 8 nitrogen and oxygen atoms in total. The van der Waals surface area contributed by atoms with Crippen LogP contribution >= 0.6 is 11.8 Å². The molecule has 3 heterocycles. The zero-order chi connectivity index (χ0) is 21.7. The van der Waals surface area contributed by atoms with E-state index in [2.05, 4.69) is 0 Å². The number of aromatic hydroxyl groups is 1. The molecular formula is C22H19N3O5S. The Morgan fingerprint density at radius 2 is 1.84 bits per heavy atom. The Kier molecular flexibility index (Phi) is 4.62. The number of aromatic nitrogens is 2. The maximum Gasteiger partial charge on any atom is 0.333 e. The number of hydrogen-bond acceptors (Lipinski definition) is 7. The average Bonchev–Trinajstić information content (AvgIpc) is 3.16. The highest BCUT2D eigenvalue weighted by Gasteiger charge is 2.28. The summed E-state index contributed by atoms with van der Waals surface area (Å²) >= 11 is 1.63. The molecule has 0 fully saturated rings. The molecular weight excluding hydrogens is 418 g/mol. The van der Waals surface area contributed by atoms with E-state index in [1.165, 1.54) is 14.1 Å². The Morgan fingerprint density at radius 1 is 1.06 bits per heavy atom. The summed E-state index contributed by atoms with van der Waals surface area (Å²) in [7, 11) is 2.82. The molecule has 1 N–H and O–H groups in total. The lowest BCUT2D eigenvalue weighted by Crippen LogP contribution is -2.40. The van der Waals surface area contributed by atoms with E-state index in [0.29, 0.717) is 29.3 Å². The molecule has 1 atom stereocenters. The molecule has 2 aliphatic rings. The van der Waals surface area contributed by atoms with Crippen LogP contribution in [0, 0.1) is 0 Å². The maximum absolute atomic E-state index is 12.9. The number of thioether (sulfide) groups is 1. The molecule has 158 valence electrons. The standard InChI is InChI=1S/C22H19N3O5S/c1-24-20(26)19(21(27)25(2)22(24)28)14-10-18(31-17-6-4-3-5-13(17)23-14)12-7-8-15-16(9-12)30-11-29-15/h3-9,18,26H,10-11H2,1-2H3/t18-/m1/s1. The SMILES string of the molecule is Cn1c(O)c(C2=Nc3ccccc3S[C@@H](c3ccc4c(c3)OCO4)C2)c(=O)n(C)c1=O. The van der Waals surface area contributed by atoms with Gasteiger partial charge in [0.15, 0.2) is 11.5 Å². The molecule has 9 heteroatoms. The van der Waals surface area contributed by atoms with E-state index in [-0.39, 0.29) is 23.5 Å². The number of para-hydroxylation sites is 1. The van der Waals surface area contributed by atoms with Crippen molar-refractivity contribution in [2.24, 2.45) is 19.1 Å². The van der Waals surface area contributed by atoms with Crippen molar-refractivity contribution < 1.29 is 14.6 Å². The second-order valence-electron chi connectivity index (χ2n) is 7.35. The molecule has 0 bridgehead atoms. The van der Waals surface area contributed by atoms with E-state index < -0.39 is 11.2 Å². The third-order valence-electron chi connectivity index (χ3n) is 5.46. The lowest BCUT2D eigenvalue weighted by Gasteiger charge is -2.17. The monoisotopic (exact) mass is 437 g/mol. The molecule has 3 aromatic rings. The van der Waals surface area contributed by atoms with Crippen molar-refractivity contribution in [1.82, 2.24) is 9.13 Å². The zero-order valence-corrected chi connectivity index (χ0v) is 17.7. The second kappa shape index (κ2) is 7.35. The molecule has 0 unspecified atom stereocenters. The van der Waals surface area contributed by atoms with Gasteiger partial charge in [0.25, 0.3) is 5.56 Å². The first kappa shape index (κ1) is 19.5. The summed E-state index contributed by atoms with van der Waals surface area (Å²) < 4.78 is 13.0. The fourth-order valence-corrected chi connectivity index (χ4v) is 4.98. The van der Waals surface area contributed by atoms with Crippen LogP contribution in [0.2, 0.25) is 0 Å². The van der Waals surface area contributed by atoms with Crippen LogP contribution < -0.4 is 20.7 Å². The molecule has 0 aliphatic carbocycles. The topological polar surface area (TPSA) is 95.1 Å². The molecule has 31 heavy (non-hydrogen) atoms. The highest BCUT2D eigenvalue weighted by atomic mass is 32.2. The number of ether oxygens (including phenoxy) is 2. The minimum Gasteiger partial charge on any atom is -0.494 e. The summed E-state index contributed by atoms with van der Waals surface area (Å²) in [6, 6.07) is 13.4. The van der Waals surface area contributed by atoms with Gasteiger partial charge in [-0.1, -0.05) is 18.2 Å². The van der Waals surface area contributed by atoms with E-state index in [1.807, 2.05) is 42.5 Å². The Labute approximate surface area is 181 Å². The van der Waals surface area contributed by atoms with Crippen LogP contribution in [0.25, 0.3) is 0 Å². The van der Waals surface area contributed by atoms with Crippen LogP contribution in [-0.4, -0.2) is 26.7 Å². The molecule has 0 saturated heterocycles. The number of aliphatic imine (C=N–C) groups is 1. The lowest BCUT2D eigenvalue weighted by atomic mass is 10.0. The van der Waals surface area contributed by atoms with E-state index >= 15 is 0 Å². The number of nitrogens with zero attached hydrogens (tertiary/aromatic N) is 3. The van der Waals surface area contributed by atoms with Gasteiger partial charge in [0.05, 0.1) is 11.4 Å². The van der Waals surface area contributed by atoms with Crippen molar-refractivity contribution in [1.29, 1.82) is 0 Å². The average molecular weight is 437 g/mol. The van der Waals surface area contributed by atoms with E-state index in [9.17, 15) is 14.7 Å². The number of fused-ring (bicyclic) bond motifs is 2. The number of benzene rings is 2. The fraction of sp³-hybridized carbons (Fsp3) is 0.227. The van der Waals surface area contributed by atoms with Crippen molar-refractivity contribution >= 4 is 23.2 Å². The van der Waals surface area contributed by atoms with Gasteiger partial charge >= 0.3 is 5.69 Å². The largest absolute Gasteiger partial charge is 0.494 e. The van der Waals surface area contributed by atoms with Crippen molar-refractivity contribution in [2.45, 2.75) is 16.6 Å². The van der Waals surface area contributed by atoms with Crippen molar-refractivity contribution in [3.05, 3.63) is 74.4 Å². The van der Waals surface area contributed by atoms with Gasteiger partial charge in [-0.2, -0.15) is 0 Å². The van der Waals surface area contributed by atoms with E-state index in [1.54, 1.807) is 11.8 Å². The molecule has 1 aromatic heterocycles. The molecule has 2 aromatic carbocycles. The lowest BCUT2D eigenvalue weighted by molar-refractivity contribution is 0.174. The zero-order valence-electron chi connectivity index (χ0n) is 16.9. The third-order valence-corrected chi connectivity index (χ3v) is 6.78. The van der Waals surface area contributed by atoms with Gasteiger partial charge in [0, 0.05) is 30.7 Å². The fourth-order valence-electron chi connectivity index (χ4n) is 3.75. The van der Waals surface area contributed by atoms with Crippen LogP contribution in [0.15, 0.2) is 61.9 Å². The molecule has 5 rings (SSSR count). The van der Waals surface area contributed by atoms with Crippen LogP contribution in [0.1, 0.15) is 22.8 Å². The Morgan fingerprint density at radius 3 is 2.68 bits per heavy atom. The Bertz CT molecular complexity index is 1360. The highest BCUT2D eigenvalue weighted by molar-refractivity contribution is 7.99. The predicted octanol–water partition coefficient (Wildman–Crippen LogP) is 2.88. The van der Waals surface area contributed by atoms with Gasteiger partial charge in [-0.25, -0.2) is 4.79 Å². The van der Waals surface area contributed by atoms with Gasteiger partial charge in [-0.05, 0) is 29.8 Å². The number of rotatable bonds is 2. The molecule has 0 spiro atoms. The Balaban J connectivity index is 1.68. The summed E-state index contributed by atoms with van der Waals surface area (Å²) in [5.41, 5.74) is 0.984. The molecule has 0 radical (unpaired) electrons. The smallest absolute Gasteiger partial charge is 0.333 e. The number of hydrogen-bond donors (Lipinski definition) is 1. The highest BCUT2D eigenvalue weighted by Crippen LogP contribution is 2.47.